The molecule has 1 aromatic rings. The molecule has 3 nitrogen and oxygen atoms in total. The van der Waals surface area contributed by atoms with Gasteiger partial charge in [0.15, 0.2) is 0 Å². The van der Waals surface area contributed by atoms with Crippen LogP contribution in [0, 0.1) is 0 Å². The Hall–Kier alpha value is -1.35. The van der Waals surface area contributed by atoms with Crippen molar-refractivity contribution in [3.05, 3.63) is 34.9 Å². The molecule has 0 radical (unpaired) electrons. The van der Waals surface area contributed by atoms with Gasteiger partial charge in [-0.25, -0.2) is 0 Å². The molecule has 16 heavy (non-hydrogen) atoms. The molecule has 1 fully saturated rings. The SMILES string of the molecule is O=C(c1ccc2c(c1)CNC2)N1CCCC1. The van der Waals surface area contributed by atoms with Crippen molar-refractivity contribution in [3.8, 4) is 0 Å². The maximum absolute atomic E-state index is 12.2. The molecule has 0 bridgehead atoms. The smallest absolute Gasteiger partial charge is 0.253 e. The molecule has 2 heterocycles. The maximum Gasteiger partial charge on any atom is 0.253 e. The van der Waals surface area contributed by atoms with E-state index < -0.39 is 0 Å². The Morgan fingerprint density at radius 2 is 1.88 bits per heavy atom. The Morgan fingerprint density at radius 1 is 1.12 bits per heavy atom. The Kier molecular flexibility index (Phi) is 2.40. The lowest BCUT2D eigenvalue weighted by atomic mass is 10.1. The second kappa shape index (κ2) is 3.91. The molecule has 2 aliphatic rings. The summed E-state index contributed by atoms with van der Waals surface area (Å²) in [7, 11) is 0. The van der Waals surface area contributed by atoms with Gasteiger partial charge in [-0.15, -0.1) is 0 Å². The quantitative estimate of drug-likeness (QED) is 0.772. The van der Waals surface area contributed by atoms with Crippen LogP contribution in [0.3, 0.4) is 0 Å². The lowest BCUT2D eigenvalue weighted by Gasteiger charge is -2.15. The first-order valence-corrected chi connectivity index (χ1v) is 5.96. The van der Waals surface area contributed by atoms with E-state index >= 15 is 0 Å². The monoisotopic (exact) mass is 216 g/mol. The van der Waals surface area contributed by atoms with E-state index in [0.717, 1.165) is 44.6 Å². The molecule has 1 saturated heterocycles. The lowest BCUT2D eigenvalue weighted by Crippen LogP contribution is -2.27. The third-order valence-corrected chi connectivity index (χ3v) is 3.48. The summed E-state index contributed by atoms with van der Waals surface area (Å²) < 4.78 is 0. The van der Waals surface area contributed by atoms with E-state index in [0.29, 0.717) is 0 Å². The van der Waals surface area contributed by atoms with Crippen molar-refractivity contribution in [1.82, 2.24) is 10.2 Å². The molecular formula is C13H16N2O. The first-order chi connectivity index (χ1) is 7.84. The van der Waals surface area contributed by atoms with Crippen LogP contribution in [0.1, 0.15) is 34.3 Å². The van der Waals surface area contributed by atoms with Crippen LogP contribution in [-0.4, -0.2) is 23.9 Å². The molecule has 0 spiro atoms. The van der Waals surface area contributed by atoms with E-state index in [4.69, 9.17) is 0 Å². The van der Waals surface area contributed by atoms with E-state index in [1.165, 1.54) is 11.1 Å². The first kappa shape index (κ1) is 9.85. The molecule has 1 N–H and O–H groups in total. The van der Waals surface area contributed by atoms with E-state index in [1.807, 2.05) is 11.0 Å². The number of amides is 1. The minimum absolute atomic E-state index is 0.201. The highest BCUT2D eigenvalue weighted by atomic mass is 16.2. The van der Waals surface area contributed by atoms with Crippen molar-refractivity contribution >= 4 is 5.91 Å². The molecule has 84 valence electrons. The summed E-state index contributed by atoms with van der Waals surface area (Å²) in [5.74, 6) is 0.201. The molecule has 0 aliphatic carbocycles. The van der Waals surface area contributed by atoms with E-state index in [1.54, 1.807) is 0 Å². The predicted octanol–water partition coefficient (Wildman–Crippen LogP) is 1.53. The van der Waals surface area contributed by atoms with E-state index in [9.17, 15) is 4.79 Å². The number of nitrogens with one attached hydrogen (secondary N) is 1. The lowest BCUT2D eigenvalue weighted by molar-refractivity contribution is 0.0792. The molecule has 1 amide bonds. The molecular weight excluding hydrogens is 200 g/mol. The zero-order valence-electron chi connectivity index (χ0n) is 9.33. The van der Waals surface area contributed by atoms with Crippen LogP contribution >= 0.6 is 0 Å². The largest absolute Gasteiger partial charge is 0.339 e. The van der Waals surface area contributed by atoms with Gasteiger partial charge in [0, 0.05) is 31.7 Å². The molecule has 1 aromatic carbocycles. The minimum Gasteiger partial charge on any atom is -0.339 e. The Morgan fingerprint density at radius 3 is 2.69 bits per heavy atom. The van der Waals surface area contributed by atoms with Gasteiger partial charge in [-0.1, -0.05) is 6.07 Å². The van der Waals surface area contributed by atoms with Crippen molar-refractivity contribution in [2.45, 2.75) is 25.9 Å². The second-order valence-electron chi connectivity index (χ2n) is 4.59. The van der Waals surface area contributed by atoms with Gasteiger partial charge in [-0.2, -0.15) is 0 Å². The van der Waals surface area contributed by atoms with Crippen LogP contribution in [0.25, 0.3) is 0 Å². The number of nitrogens with zero attached hydrogens (tertiary/aromatic N) is 1. The number of rotatable bonds is 1. The number of carbonyl (C=O) groups excluding carboxylic acids is 1. The van der Waals surface area contributed by atoms with Gasteiger partial charge in [0.1, 0.15) is 0 Å². The fourth-order valence-electron chi connectivity index (χ4n) is 2.53. The average molecular weight is 216 g/mol. The average Bonchev–Trinajstić information content (AvgIpc) is 2.98. The van der Waals surface area contributed by atoms with Crippen molar-refractivity contribution in [3.63, 3.8) is 0 Å². The normalized spacial score (nSPS) is 18.9. The number of fused-ring (bicyclic) bond motifs is 1. The molecule has 0 unspecified atom stereocenters. The molecule has 3 rings (SSSR count). The van der Waals surface area contributed by atoms with Gasteiger partial charge in [0.05, 0.1) is 0 Å². The fraction of sp³-hybridized carbons (Fsp3) is 0.462. The number of hydrogen-bond donors (Lipinski definition) is 1. The van der Waals surface area contributed by atoms with Crippen LogP contribution < -0.4 is 5.32 Å². The van der Waals surface area contributed by atoms with Crippen LogP contribution in [0.15, 0.2) is 18.2 Å². The third kappa shape index (κ3) is 1.61. The summed E-state index contributed by atoms with van der Waals surface area (Å²) >= 11 is 0. The molecule has 3 heteroatoms. The van der Waals surface area contributed by atoms with Crippen molar-refractivity contribution in [2.75, 3.05) is 13.1 Å². The Bertz CT molecular complexity index is 422. The number of carbonyl (C=O) groups is 1. The van der Waals surface area contributed by atoms with E-state index in [2.05, 4.69) is 17.4 Å². The van der Waals surface area contributed by atoms with Gasteiger partial charge >= 0.3 is 0 Å². The third-order valence-electron chi connectivity index (χ3n) is 3.48. The standard InChI is InChI=1S/C13H16N2O/c16-13(15-5-1-2-6-15)10-3-4-11-8-14-9-12(11)7-10/h3-4,7,14H,1-2,5-6,8-9H2. The summed E-state index contributed by atoms with van der Waals surface area (Å²) in [4.78, 5) is 14.1. The minimum atomic E-state index is 0.201. The number of likely N-dealkylation sites (tertiary alicyclic amines) is 1. The molecule has 0 saturated carbocycles. The topological polar surface area (TPSA) is 32.3 Å². The fourth-order valence-corrected chi connectivity index (χ4v) is 2.53. The summed E-state index contributed by atoms with van der Waals surface area (Å²) in [6, 6.07) is 6.10. The van der Waals surface area contributed by atoms with Crippen molar-refractivity contribution in [2.24, 2.45) is 0 Å². The van der Waals surface area contributed by atoms with Crippen LogP contribution in [-0.2, 0) is 13.1 Å². The van der Waals surface area contributed by atoms with Crippen LogP contribution in [0.4, 0.5) is 0 Å². The summed E-state index contributed by atoms with van der Waals surface area (Å²) in [5, 5.41) is 3.30. The highest BCUT2D eigenvalue weighted by Crippen LogP contribution is 2.19. The Labute approximate surface area is 95.4 Å². The second-order valence-corrected chi connectivity index (χ2v) is 4.59. The van der Waals surface area contributed by atoms with Gasteiger partial charge in [-0.05, 0) is 36.1 Å². The van der Waals surface area contributed by atoms with Gasteiger partial charge < -0.3 is 10.2 Å². The summed E-state index contributed by atoms with van der Waals surface area (Å²) in [6.45, 7) is 3.69. The number of benzene rings is 1. The van der Waals surface area contributed by atoms with E-state index in [-0.39, 0.29) is 5.91 Å². The zero-order chi connectivity index (χ0) is 11.0. The Balaban J connectivity index is 1.86. The molecule has 0 aromatic heterocycles. The van der Waals surface area contributed by atoms with Crippen molar-refractivity contribution < 1.29 is 4.79 Å². The zero-order valence-corrected chi connectivity index (χ0v) is 9.33. The van der Waals surface area contributed by atoms with Gasteiger partial charge in [0.25, 0.3) is 5.91 Å². The van der Waals surface area contributed by atoms with Crippen molar-refractivity contribution in [1.29, 1.82) is 0 Å². The van der Waals surface area contributed by atoms with Crippen LogP contribution in [0.2, 0.25) is 0 Å². The van der Waals surface area contributed by atoms with Gasteiger partial charge in [0.2, 0.25) is 0 Å². The predicted molar refractivity (Wildman–Crippen MR) is 62.1 cm³/mol. The summed E-state index contributed by atoms with van der Waals surface area (Å²) in [5.41, 5.74) is 3.47. The van der Waals surface area contributed by atoms with Crippen LogP contribution in [0.5, 0.6) is 0 Å². The molecule has 2 aliphatic heterocycles. The first-order valence-electron chi connectivity index (χ1n) is 5.96. The highest BCUT2D eigenvalue weighted by molar-refractivity contribution is 5.94. The maximum atomic E-state index is 12.2. The summed E-state index contributed by atoms with van der Waals surface area (Å²) in [6.07, 6.45) is 2.30. The highest BCUT2D eigenvalue weighted by Gasteiger charge is 2.20. The number of hydrogen-bond acceptors (Lipinski definition) is 2. The molecule has 0 atom stereocenters. The van der Waals surface area contributed by atoms with Gasteiger partial charge in [-0.3, -0.25) is 4.79 Å².